The lowest BCUT2D eigenvalue weighted by atomic mass is 10.0. The first kappa shape index (κ1) is 16.5. The largest absolute Gasteiger partial charge is 0.398 e. The molecule has 1 unspecified atom stereocenters. The number of alkyl halides is 3. The molecule has 1 aliphatic heterocycles. The van der Waals surface area contributed by atoms with Crippen LogP contribution in [0.1, 0.15) is 17.2 Å². The quantitative estimate of drug-likeness (QED) is 0.525. The van der Waals surface area contributed by atoms with Crippen LogP contribution in [0.15, 0.2) is 22.0 Å². The molecule has 0 saturated heterocycles. The molecular formula is C13H10F4N2O2S. The van der Waals surface area contributed by atoms with Crippen molar-refractivity contribution in [3.05, 3.63) is 29.1 Å². The Labute approximate surface area is 127 Å². The second kappa shape index (κ2) is 6.07. The van der Waals surface area contributed by atoms with Gasteiger partial charge in [0.05, 0.1) is 12.0 Å². The van der Waals surface area contributed by atoms with Crippen LogP contribution in [0.2, 0.25) is 0 Å². The van der Waals surface area contributed by atoms with Crippen molar-refractivity contribution in [2.75, 3.05) is 5.75 Å². The number of carbonyl (C=O) groups is 2. The minimum absolute atomic E-state index is 0.170. The first-order chi connectivity index (χ1) is 10.2. The van der Waals surface area contributed by atoms with E-state index in [1.165, 1.54) is 13.0 Å². The topological polar surface area (TPSA) is 58.5 Å². The number of aryl methyl sites for hydroxylation is 1. The molecule has 0 radical (unpaired) electrons. The summed E-state index contributed by atoms with van der Waals surface area (Å²) < 4.78 is 50.9. The number of nitrogens with one attached hydrogen (secondary N) is 1. The lowest BCUT2D eigenvalue weighted by Crippen LogP contribution is -2.39. The smallest absolute Gasteiger partial charge is 0.289 e. The highest BCUT2D eigenvalue weighted by Gasteiger charge is 2.30. The van der Waals surface area contributed by atoms with Gasteiger partial charge in [-0.15, -0.1) is 11.8 Å². The Kier molecular flexibility index (Phi) is 4.55. The van der Waals surface area contributed by atoms with E-state index in [-0.39, 0.29) is 10.5 Å². The number of carbonyl (C=O) groups excluding carboxylic acids is 2. The van der Waals surface area contributed by atoms with E-state index >= 15 is 0 Å². The van der Waals surface area contributed by atoms with Gasteiger partial charge in [-0.25, -0.2) is 4.39 Å². The van der Waals surface area contributed by atoms with Crippen LogP contribution in [-0.4, -0.2) is 30.0 Å². The van der Waals surface area contributed by atoms with Gasteiger partial charge in [-0.3, -0.25) is 19.9 Å². The minimum atomic E-state index is -4.36. The highest BCUT2D eigenvalue weighted by molar-refractivity contribution is 7.99. The summed E-state index contributed by atoms with van der Waals surface area (Å²) in [4.78, 5) is 26.5. The molecule has 1 aromatic carbocycles. The maximum atomic E-state index is 14.0. The Morgan fingerprint density at radius 2 is 2.00 bits per heavy atom. The number of aliphatic imine (C=N–C) groups is 1. The monoisotopic (exact) mass is 334 g/mol. The van der Waals surface area contributed by atoms with Gasteiger partial charge < -0.3 is 0 Å². The second-order valence-corrected chi connectivity index (χ2v) is 5.59. The zero-order chi connectivity index (χ0) is 16.5. The SMILES string of the molecule is Cc1cc(F)c(C2N=CC(=O)NC2=O)cc1SCC(F)(F)F. The minimum Gasteiger partial charge on any atom is -0.289 e. The number of hydrogen-bond donors (Lipinski definition) is 1. The number of rotatable bonds is 3. The van der Waals surface area contributed by atoms with Gasteiger partial charge in [-0.2, -0.15) is 13.2 Å². The Hall–Kier alpha value is -1.90. The van der Waals surface area contributed by atoms with Gasteiger partial charge in [0.2, 0.25) is 0 Å². The second-order valence-electron chi connectivity index (χ2n) is 4.58. The summed E-state index contributed by atoms with van der Waals surface area (Å²) in [6, 6.07) is 0.926. The summed E-state index contributed by atoms with van der Waals surface area (Å²) >= 11 is 0.500. The number of nitrogens with zero attached hydrogens (tertiary/aromatic N) is 1. The molecule has 22 heavy (non-hydrogen) atoms. The highest BCUT2D eigenvalue weighted by Crippen LogP contribution is 2.33. The van der Waals surface area contributed by atoms with Crippen molar-refractivity contribution in [3.8, 4) is 0 Å². The number of benzene rings is 1. The van der Waals surface area contributed by atoms with Crippen LogP contribution in [0, 0.1) is 12.7 Å². The van der Waals surface area contributed by atoms with Gasteiger partial charge in [0.15, 0.2) is 6.04 Å². The average molecular weight is 334 g/mol. The maximum absolute atomic E-state index is 14.0. The molecule has 4 nitrogen and oxygen atoms in total. The predicted octanol–water partition coefficient (Wildman–Crippen LogP) is 2.56. The van der Waals surface area contributed by atoms with E-state index in [0.29, 0.717) is 17.3 Å². The number of hydrogen-bond acceptors (Lipinski definition) is 4. The van der Waals surface area contributed by atoms with E-state index in [2.05, 4.69) is 4.99 Å². The summed E-state index contributed by atoms with van der Waals surface area (Å²) in [7, 11) is 0. The summed E-state index contributed by atoms with van der Waals surface area (Å²) in [5.74, 6) is -3.43. The summed E-state index contributed by atoms with van der Waals surface area (Å²) in [6.45, 7) is 1.47. The fourth-order valence-electron chi connectivity index (χ4n) is 1.85. The fraction of sp³-hybridized carbons (Fsp3) is 0.308. The van der Waals surface area contributed by atoms with Crippen LogP contribution >= 0.6 is 11.8 Å². The van der Waals surface area contributed by atoms with Crippen LogP contribution in [0.5, 0.6) is 0 Å². The summed E-state index contributed by atoms with van der Waals surface area (Å²) in [6.07, 6.45) is -3.52. The first-order valence-corrected chi connectivity index (χ1v) is 7.03. The highest BCUT2D eigenvalue weighted by atomic mass is 32.2. The molecule has 0 aromatic heterocycles. The third kappa shape index (κ3) is 3.85. The van der Waals surface area contributed by atoms with Crippen molar-refractivity contribution in [1.82, 2.24) is 5.32 Å². The molecule has 1 aromatic rings. The summed E-state index contributed by atoms with van der Waals surface area (Å²) in [5, 5.41) is 1.96. The van der Waals surface area contributed by atoms with Crippen molar-refractivity contribution < 1.29 is 27.2 Å². The van der Waals surface area contributed by atoms with Crippen molar-refractivity contribution in [2.45, 2.75) is 24.0 Å². The normalized spacial score (nSPS) is 18.5. The first-order valence-electron chi connectivity index (χ1n) is 6.05. The maximum Gasteiger partial charge on any atom is 0.398 e. The Bertz CT molecular complexity index is 658. The van der Waals surface area contributed by atoms with Gasteiger partial charge >= 0.3 is 6.18 Å². The summed E-state index contributed by atoms with van der Waals surface area (Å²) in [5.41, 5.74) is 0.156. The van der Waals surface area contributed by atoms with Gasteiger partial charge in [-0.05, 0) is 24.6 Å². The van der Waals surface area contributed by atoms with E-state index in [4.69, 9.17) is 0 Å². The molecule has 1 heterocycles. The number of imide groups is 1. The van der Waals surface area contributed by atoms with Crippen molar-refractivity contribution in [3.63, 3.8) is 0 Å². The predicted molar refractivity (Wildman–Crippen MR) is 72.3 cm³/mol. The molecule has 1 N–H and O–H groups in total. The standard InChI is InChI=1S/C13H10F4N2O2S/c1-6-2-8(14)7(3-9(6)22-5-13(15,16)17)11-12(21)19-10(20)4-18-11/h2-4,11H,5H2,1H3,(H,19,20,21). The van der Waals surface area contributed by atoms with Gasteiger partial charge in [0.25, 0.3) is 11.8 Å². The van der Waals surface area contributed by atoms with Crippen LogP contribution in [0.3, 0.4) is 0 Å². The van der Waals surface area contributed by atoms with Crippen LogP contribution in [0.25, 0.3) is 0 Å². The Balaban J connectivity index is 2.34. The fourth-order valence-corrected chi connectivity index (χ4v) is 2.66. The number of thioether (sulfide) groups is 1. The Morgan fingerprint density at radius 1 is 1.32 bits per heavy atom. The molecule has 1 aliphatic rings. The molecule has 118 valence electrons. The molecule has 2 rings (SSSR count). The third-order valence-electron chi connectivity index (χ3n) is 2.82. The van der Waals surface area contributed by atoms with E-state index in [0.717, 1.165) is 12.3 Å². The number of halogens is 4. The molecule has 0 fully saturated rings. The lowest BCUT2D eigenvalue weighted by molar-refractivity contribution is -0.128. The lowest BCUT2D eigenvalue weighted by Gasteiger charge is -2.18. The molecule has 0 saturated carbocycles. The number of amides is 2. The van der Waals surface area contributed by atoms with E-state index in [9.17, 15) is 27.2 Å². The molecule has 0 bridgehead atoms. The van der Waals surface area contributed by atoms with Gasteiger partial charge in [0, 0.05) is 10.5 Å². The molecule has 0 aliphatic carbocycles. The molecular weight excluding hydrogens is 324 g/mol. The van der Waals surface area contributed by atoms with Crippen LogP contribution in [-0.2, 0) is 9.59 Å². The third-order valence-corrected chi connectivity index (χ3v) is 4.04. The van der Waals surface area contributed by atoms with Crippen LogP contribution < -0.4 is 5.32 Å². The zero-order valence-electron chi connectivity index (χ0n) is 11.2. The van der Waals surface area contributed by atoms with Gasteiger partial charge in [-0.1, -0.05) is 0 Å². The van der Waals surface area contributed by atoms with Crippen LogP contribution in [0.4, 0.5) is 17.6 Å². The zero-order valence-corrected chi connectivity index (χ0v) is 12.0. The average Bonchev–Trinajstić information content (AvgIpc) is 2.38. The van der Waals surface area contributed by atoms with Crippen molar-refractivity contribution in [2.24, 2.45) is 4.99 Å². The van der Waals surface area contributed by atoms with E-state index in [1.54, 1.807) is 0 Å². The van der Waals surface area contributed by atoms with Crippen molar-refractivity contribution >= 4 is 29.8 Å². The van der Waals surface area contributed by atoms with Gasteiger partial charge in [0.1, 0.15) is 5.82 Å². The van der Waals surface area contributed by atoms with E-state index < -0.39 is 35.6 Å². The molecule has 0 spiro atoms. The molecule has 9 heteroatoms. The van der Waals surface area contributed by atoms with E-state index in [1.807, 2.05) is 5.32 Å². The Morgan fingerprint density at radius 3 is 2.59 bits per heavy atom. The van der Waals surface area contributed by atoms with Crippen molar-refractivity contribution in [1.29, 1.82) is 0 Å². The molecule has 2 amide bonds. The molecule has 1 atom stereocenters.